The molecule has 0 saturated carbocycles. The fourth-order valence-corrected chi connectivity index (χ4v) is 3.75. The van der Waals surface area contributed by atoms with E-state index in [2.05, 4.69) is 5.32 Å². The van der Waals surface area contributed by atoms with Crippen LogP contribution in [0.4, 0.5) is 0 Å². The van der Waals surface area contributed by atoms with E-state index in [-0.39, 0.29) is 11.8 Å². The molecule has 0 aliphatic carbocycles. The summed E-state index contributed by atoms with van der Waals surface area (Å²) in [6.07, 6.45) is 0.465. The molecule has 0 saturated heterocycles. The maximum atomic E-state index is 13.1. The van der Waals surface area contributed by atoms with Gasteiger partial charge in [0.25, 0.3) is 5.91 Å². The van der Waals surface area contributed by atoms with Crippen molar-refractivity contribution >= 4 is 23.4 Å². The van der Waals surface area contributed by atoms with Gasteiger partial charge in [-0.2, -0.15) is 0 Å². The topological polar surface area (TPSA) is 49.4 Å². The molecule has 146 valence electrons. The number of carbonyl (C=O) groups excluding carboxylic acids is 2. The average molecular weight is 405 g/mol. The number of nitrogens with zero attached hydrogens (tertiary/aromatic N) is 1. The Morgan fingerprint density at radius 2 is 1.62 bits per heavy atom. The van der Waals surface area contributed by atoms with Crippen molar-refractivity contribution in [3.8, 4) is 0 Å². The van der Waals surface area contributed by atoms with E-state index in [0.717, 1.165) is 16.7 Å². The molecule has 1 heterocycles. The number of nitrogens with one attached hydrogen (secondary N) is 1. The Bertz CT molecular complexity index is 1020. The van der Waals surface area contributed by atoms with E-state index in [0.29, 0.717) is 30.1 Å². The first kappa shape index (κ1) is 19.2. The van der Waals surface area contributed by atoms with Crippen LogP contribution in [0.25, 0.3) is 0 Å². The molecule has 3 aromatic carbocycles. The van der Waals surface area contributed by atoms with Crippen molar-refractivity contribution < 1.29 is 9.59 Å². The van der Waals surface area contributed by atoms with Crippen LogP contribution in [0, 0.1) is 0 Å². The molecule has 0 fully saturated rings. The maximum Gasteiger partial charge on any atom is 0.255 e. The lowest BCUT2D eigenvalue weighted by Crippen LogP contribution is -2.48. The highest BCUT2D eigenvalue weighted by molar-refractivity contribution is 6.30. The zero-order valence-electron chi connectivity index (χ0n) is 15.8. The van der Waals surface area contributed by atoms with Crippen LogP contribution in [0.15, 0.2) is 78.9 Å². The Labute approximate surface area is 175 Å². The van der Waals surface area contributed by atoms with E-state index in [9.17, 15) is 9.59 Å². The lowest BCUT2D eigenvalue weighted by atomic mass is 10.0. The second-order valence-corrected chi connectivity index (χ2v) is 7.58. The first-order valence-corrected chi connectivity index (χ1v) is 9.94. The minimum Gasteiger partial charge on any atom is -0.350 e. The molecule has 4 rings (SSSR count). The molecule has 5 heteroatoms. The summed E-state index contributed by atoms with van der Waals surface area (Å²) in [6, 6.07) is 24.1. The Balaban J connectivity index is 1.54. The molecular weight excluding hydrogens is 384 g/mol. The van der Waals surface area contributed by atoms with Gasteiger partial charge in [0.2, 0.25) is 5.91 Å². The number of hydrogen-bond donors (Lipinski definition) is 1. The first-order valence-electron chi connectivity index (χ1n) is 9.57. The van der Waals surface area contributed by atoms with Crippen molar-refractivity contribution in [2.45, 2.75) is 25.6 Å². The van der Waals surface area contributed by atoms with Gasteiger partial charge >= 0.3 is 0 Å². The van der Waals surface area contributed by atoms with Crippen LogP contribution in [0.3, 0.4) is 0 Å². The molecule has 2 amide bonds. The second kappa shape index (κ2) is 8.50. The van der Waals surface area contributed by atoms with Crippen LogP contribution >= 0.6 is 11.6 Å². The van der Waals surface area contributed by atoms with Crippen LogP contribution in [-0.2, 0) is 24.3 Å². The molecule has 0 aromatic heterocycles. The summed E-state index contributed by atoms with van der Waals surface area (Å²) in [5.74, 6) is -0.256. The molecular formula is C24H21ClN2O2. The van der Waals surface area contributed by atoms with Crippen LogP contribution in [0.5, 0.6) is 0 Å². The highest BCUT2D eigenvalue weighted by Gasteiger charge is 2.36. The molecule has 4 nitrogen and oxygen atoms in total. The number of fused-ring (bicyclic) bond motifs is 1. The normalized spacial score (nSPS) is 13.8. The maximum absolute atomic E-state index is 13.1. The number of carbonyl (C=O) groups is 2. The lowest BCUT2D eigenvalue weighted by Gasteiger charge is -2.27. The van der Waals surface area contributed by atoms with Crippen molar-refractivity contribution in [2.75, 3.05) is 0 Å². The van der Waals surface area contributed by atoms with Gasteiger partial charge in [-0.25, -0.2) is 0 Å². The minimum atomic E-state index is -0.579. The van der Waals surface area contributed by atoms with Gasteiger partial charge in [0.1, 0.15) is 6.04 Å². The predicted molar refractivity (Wildman–Crippen MR) is 114 cm³/mol. The van der Waals surface area contributed by atoms with E-state index in [1.54, 1.807) is 17.0 Å². The lowest BCUT2D eigenvalue weighted by molar-refractivity contribution is -0.125. The zero-order chi connectivity index (χ0) is 20.2. The Kier molecular flexibility index (Phi) is 5.63. The summed E-state index contributed by atoms with van der Waals surface area (Å²) in [6.45, 7) is 0.830. The summed E-state index contributed by atoms with van der Waals surface area (Å²) in [4.78, 5) is 27.8. The van der Waals surface area contributed by atoms with Crippen molar-refractivity contribution in [3.05, 3.63) is 106 Å². The van der Waals surface area contributed by atoms with Crippen LogP contribution < -0.4 is 5.32 Å². The summed E-state index contributed by atoms with van der Waals surface area (Å²) >= 11 is 5.93. The number of halogens is 1. The van der Waals surface area contributed by atoms with Gasteiger partial charge in [-0.15, -0.1) is 0 Å². The first-order chi connectivity index (χ1) is 14.1. The molecule has 1 aliphatic heterocycles. The largest absolute Gasteiger partial charge is 0.350 e. The number of rotatable bonds is 6. The van der Waals surface area contributed by atoms with Crippen molar-refractivity contribution in [2.24, 2.45) is 0 Å². The highest BCUT2D eigenvalue weighted by Crippen LogP contribution is 2.26. The molecule has 3 aromatic rings. The predicted octanol–water partition coefficient (Wildman–Crippen LogP) is 4.22. The van der Waals surface area contributed by atoms with E-state index in [1.165, 1.54) is 0 Å². The molecule has 1 atom stereocenters. The molecule has 1 N–H and O–H groups in total. The molecule has 0 radical (unpaired) electrons. The summed E-state index contributed by atoms with van der Waals surface area (Å²) in [5, 5.41) is 3.64. The number of benzene rings is 3. The van der Waals surface area contributed by atoms with Gasteiger partial charge in [-0.05, 0) is 34.9 Å². The van der Waals surface area contributed by atoms with E-state index >= 15 is 0 Å². The zero-order valence-corrected chi connectivity index (χ0v) is 16.6. The molecule has 0 spiro atoms. The Morgan fingerprint density at radius 1 is 0.931 bits per heavy atom. The Hall–Kier alpha value is -3.11. The van der Waals surface area contributed by atoms with Crippen LogP contribution in [0.1, 0.15) is 27.0 Å². The quantitative estimate of drug-likeness (QED) is 0.668. The molecule has 29 heavy (non-hydrogen) atoms. The van der Waals surface area contributed by atoms with Gasteiger partial charge in [-0.1, -0.05) is 72.3 Å². The number of amides is 2. The van der Waals surface area contributed by atoms with Crippen LogP contribution in [-0.4, -0.2) is 22.8 Å². The molecule has 0 bridgehead atoms. The smallest absolute Gasteiger partial charge is 0.255 e. The standard InChI is InChI=1S/C24H21ClN2O2/c25-20-12-10-18(11-13-20)15-26-23(28)22(14-17-6-2-1-3-7-17)27-16-19-8-4-5-9-21(19)24(27)29/h1-13,22H,14-16H2,(H,26,28)/t22-/m1/s1. The summed E-state index contributed by atoms with van der Waals surface area (Å²) in [5.41, 5.74) is 3.61. The van der Waals surface area contributed by atoms with Crippen LogP contribution in [0.2, 0.25) is 5.02 Å². The van der Waals surface area contributed by atoms with Crippen molar-refractivity contribution in [1.29, 1.82) is 0 Å². The third-order valence-electron chi connectivity index (χ3n) is 5.18. The fraction of sp³-hybridized carbons (Fsp3) is 0.167. The van der Waals surface area contributed by atoms with Crippen molar-refractivity contribution in [1.82, 2.24) is 10.2 Å². The van der Waals surface area contributed by atoms with Gasteiger partial charge in [0.15, 0.2) is 0 Å². The number of hydrogen-bond acceptors (Lipinski definition) is 2. The average Bonchev–Trinajstić information content (AvgIpc) is 3.08. The van der Waals surface area contributed by atoms with Gasteiger partial charge in [0, 0.05) is 30.1 Å². The fourth-order valence-electron chi connectivity index (χ4n) is 3.62. The van der Waals surface area contributed by atoms with Crippen molar-refractivity contribution in [3.63, 3.8) is 0 Å². The monoisotopic (exact) mass is 404 g/mol. The Morgan fingerprint density at radius 3 is 2.34 bits per heavy atom. The minimum absolute atomic E-state index is 0.0943. The highest BCUT2D eigenvalue weighted by atomic mass is 35.5. The van der Waals surface area contributed by atoms with Gasteiger partial charge in [-0.3, -0.25) is 9.59 Å². The second-order valence-electron chi connectivity index (χ2n) is 7.14. The molecule has 1 aliphatic rings. The van der Waals surface area contributed by atoms with Gasteiger partial charge in [0.05, 0.1) is 0 Å². The van der Waals surface area contributed by atoms with E-state index in [4.69, 9.17) is 11.6 Å². The third-order valence-corrected chi connectivity index (χ3v) is 5.43. The SMILES string of the molecule is O=C(NCc1ccc(Cl)cc1)[C@@H](Cc1ccccc1)N1Cc2ccccc2C1=O. The summed E-state index contributed by atoms with van der Waals surface area (Å²) < 4.78 is 0. The molecule has 0 unspecified atom stereocenters. The summed E-state index contributed by atoms with van der Waals surface area (Å²) in [7, 11) is 0. The van der Waals surface area contributed by atoms with E-state index < -0.39 is 6.04 Å². The van der Waals surface area contributed by atoms with Gasteiger partial charge < -0.3 is 10.2 Å². The van der Waals surface area contributed by atoms with E-state index in [1.807, 2.05) is 66.7 Å². The third kappa shape index (κ3) is 4.33.